The fourth-order valence-electron chi connectivity index (χ4n) is 2.74. The molecule has 100 valence electrons. The van der Waals surface area contributed by atoms with Gasteiger partial charge in [0.05, 0.1) is 0 Å². The Kier molecular flexibility index (Phi) is 4.79. The number of hydrogen-bond donors (Lipinski definition) is 1. The van der Waals surface area contributed by atoms with Gasteiger partial charge in [-0.1, -0.05) is 51.5 Å². The Morgan fingerprint density at radius 3 is 2.28 bits per heavy atom. The van der Waals surface area contributed by atoms with Gasteiger partial charge in [0.25, 0.3) is 0 Å². The topological polar surface area (TPSA) is 15.3 Å². The minimum atomic E-state index is 0.578. The molecule has 1 N–H and O–H groups in total. The van der Waals surface area contributed by atoms with Crippen molar-refractivity contribution >= 4 is 0 Å². The van der Waals surface area contributed by atoms with Gasteiger partial charge in [-0.25, -0.2) is 0 Å². The molecule has 1 aliphatic rings. The maximum absolute atomic E-state index is 3.59. The summed E-state index contributed by atoms with van der Waals surface area (Å²) >= 11 is 0. The van der Waals surface area contributed by atoms with Gasteiger partial charge in [0.1, 0.15) is 0 Å². The number of hydrogen-bond acceptors (Lipinski definition) is 2. The highest BCUT2D eigenvalue weighted by Gasteiger charge is 2.24. The number of nitrogens with one attached hydrogen (secondary N) is 1. The summed E-state index contributed by atoms with van der Waals surface area (Å²) in [6.45, 7) is 10.1. The van der Waals surface area contributed by atoms with E-state index in [-0.39, 0.29) is 0 Å². The molecular weight excluding hydrogens is 220 g/mol. The zero-order valence-corrected chi connectivity index (χ0v) is 11.9. The molecule has 0 fully saturated rings. The first-order chi connectivity index (χ1) is 8.70. The van der Waals surface area contributed by atoms with Gasteiger partial charge in [-0.15, -0.1) is 0 Å². The molecule has 0 saturated carbocycles. The van der Waals surface area contributed by atoms with E-state index in [0.717, 1.165) is 19.6 Å². The van der Waals surface area contributed by atoms with Gasteiger partial charge >= 0.3 is 0 Å². The maximum atomic E-state index is 3.59. The van der Waals surface area contributed by atoms with E-state index in [4.69, 9.17) is 0 Å². The Hall–Kier alpha value is -0.860. The van der Waals surface area contributed by atoms with Crippen molar-refractivity contribution in [1.29, 1.82) is 0 Å². The van der Waals surface area contributed by atoms with Crippen molar-refractivity contribution in [3.63, 3.8) is 0 Å². The molecule has 2 rings (SSSR count). The summed E-state index contributed by atoms with van der Waals surface area (Å²) in [5.74, 6) is 0. The summed E-state index contributed by atoms with van der Waals surface area (Å²) in [5.41, 5.74) is 3.03. The van der Waals surface area contributed by atoms with E-state index in [1.54, 1.807) is 0 Å². The number of nitrogens with zero attached hydrogens (tertiary/aromatic N) is 1. The predicted molar refractivity (Wildman–Crippen MR) is 77.5 cm³/mol. The van der Waals surface area contributed by atoms with Crippen LogP contribution >= 0.6 is 0 Å². The van der Waals surface area contributed by atoms with Crippen LogP contribution in [0.25, 0.3) is 0 Å². The molecule has 0 amide bonds. The second-order valence-corrected chi connectivity index (χ2v) is 5.68. The van der Waals surface area contributed by atoms with Crippen LogP contribution in [0.4, 0.5) is 0 Å². The van der Waals surface area contributed by atoms with Crippen molar-refractivity contribution < 1.29 is 0 Å². The molecule has 1 atom stereocenters. The molecule has 0 bridgehead atoms. The molecule has 0 radical (unpaired) electrons. The minimum Gasteiger partial charge on any atom is -0.313 e. The molecule has 1 heterocycles. The lowest BCUT2D eigenvalue weighted by molar-refractivity contribution is 0.180. The monoisotopic (exact) mass is 246 g/mol. The second-order valence-electron chi connectivity index (χ2n) is 5.68. The van der Waals surface area contributed by atoms with Gasteiger partial charge in [-0.05, 0) is 17.5 Å². The van der Waals surface area contributed by atoms with Crippen LogP contribution in [-0.4, -0.2) is 23.5 Å². The predicted octanol–water partition coefficient (Wildman–Crippen LogP) is 3.17. The highest BCUT2D eigenvalue weighted by Crippen LogP contribution is 2.25. The van der Waals surface area contributed by atoms with Gasteiger partial charge < -0.3 is 5.32 Å². The molecule has 1 unspecified atom stereocenters. The third-order valence-electron chi connectivity index (χ3n) is 3.77. The molecule has 1 aliphatic heterocycles. The molecule has 1 aromatic rings. The van der Waals surface area contributed by atoms with E-state index in [1.807, 2.05) is 0 Å². The number of rotatable bonds is 6. The van der Waals surface area contributed by atoms with Crippen LogP contribution in [0.5, 0.6) is 0 Å². The Labute approximate surface area is 111 Å². The van der Waals surface area contributed by atoms with E-state index in [2.05, 4.69) is 55.3 Å². The average Bonchev–Trinajstić information content (AvgIpc) is 2.77. The molecule has 2 nitrogen and oxygen atoms in total. The van der Waals surface area contributed by atoms with Crippen LogP contribution in [-0.2, 0) is 13.1 Å². The van der Waals surface area contributed by atoms with Crippen LogP contribution in [0.2, 0.25) is 0 Å². The normalized spacial score (nSPS) is 17.1. The summed E-state index contributed by atoms with van der Waals surface area (Å²) in [7, 11) is 0. The Bertz CT molecular complexity index is 348. The van der Waals surface area contributed by atoms with Crippen LogP contribution < -0.4 is 5.32 Å². The lowest BCUT2D eigenvalue weighted by atomic mass is 10.1. The lowest BCUT2D eigenvalue weighted by Crippen LogP contribution is -2.41. The summed E-state index contributed by atoms with van der Waals surface area (Å²) in [6, 6.07) is 10.1. The van der Waals surface area contributed by atoms with Crippen molar-refractivity contribution in [3.8, 4) is 0 Å². The standard InChI is InChI=1S/C16H26N2/c1-4-7-16(10-17-13(2)3)18-11-14-8-5-6-9-15(14)12-18/h5-6,8-9,13,16-17H,4,7,10-12H2,1-3H3. The van der Waals surface area contributed by atoms with Crippen LogP contribution in [0.15, 0.2) is 24.3 Å². The molecule has 1 aromatic carbocycles. The molecule has 0 aromatic heterocycles. The van der Waals surface area contributed by atoms with Crippen LogP contribution in [0.3, 0.4) is 0 Å². The zero-order valence-electron chi connectivity index (χ0n) is 11.9. The van der Waals surface area contributed by atoms with E-state index in [1.165, 1.54) is 24.0 Å². The lowest BCUT2D eigenvalue weighted by Gasteiger charge is -2.28. The minimum absolute atomic E-state index is 0.578. The number of benzene rings is 1. The Morgan fingerprint density at radius 2 is 1.78 bits per heavy atom. The van der Waals surface area contributed by atoms with Gasteiger partial charge in [0.2, 0.25) is 0 Å². The van der Waals surface area contributed by atoms with Crippen molar-refractivity contribution in [2.24, 2.45) is 0 Å². The largest absolute Gasteiger partial charge is 0.313 e. The van der Waals surface area contributed by atoms with Gasteiger partial charge in [0.15, 0.2) is 0 Å². The van der Waals surface area contributed by atoms with Crippen molar-refractivity contribution in [2.45, 2.75) is 58.8 Å². The average molecular weight is 246 g/mol. The van der Waals surface area contributed by atoms with E-state index in [0.29, 0.717) is 12.1 Å². The first-order valence-electron chi connectivity index (χ1n) is 7.25. The van der Waals surface area contributed by atoms with Crippen LogP contribution in [0.1, 0.15) is 44.7 Å². The van der Waals surface area contributed by atoms with Gasteiger partial charge in [-0.2, -0.15) is 0 Å². The number of fused-ring (bicyclic) bond motifs is 1. The Morgan fingerprint density at radius 1 is 1.17 bits per heavy atom. The summed E-state index contributed by atoms with van der Waals surface area (Å²) in [5, 5.41) is 3.59. The van der Waals surface area contributed by atoms with Crippen molar-refractivity contribution in [2.75, 3.05) is 6.54 Å². The maximum Gasteiger partial charge on any atom is 0.0244 e. The van der Waals surface area contributed by atoms with Gasteiger partial charge in [-0.3, -0.25) is 4.90 Å². The smallest absolute Gasteiger partial charge is 0.0244 e. The van der Waals surface area contributed by atoms with Crippen molar-refractivity contribution in [1.82, 2.24) is 10.2 Å². The van der Waals surface area contributed by atoms with Crippen LogP contribution in [0, 0.1) is 0 Å². The van der Waals surface area contributed by atoms with E-state index in [9.17, 15) is 0 Å². The first-order valence-corrected chi connectivity index (χ1v) is 7.25. The molecule has 0 aliphatic carbocycles. The molecule has 18 heavy (non-hydrogen) atoms. The Balaban J connectivity index is 1.97. The summed E-state index contributed by atoms with van der Waals surface area (Å²) < 4.78 is 0. The molecule has 0 spiro atoms. The SMILES string of the molecule is CCCC(CNC(C)C)N1Cc2ccccc2C1. The van der Waals surface area contributed by atoms with E-state index < -0.39 is 0 Å². The molecule has 0 saturated heterocycles. The van der Waals surface area contributed by atoms with Crippen molar-refractivity contribution in [3.05, 3.63) is 35.4 Å². The highest BCUT2D eigenvalue weighted by atomic mass is 15.2. The third-order valence-corrected chi connectivity index (χ3v) is 3.77. The quantitative estimate of drug-likeness (QED) is 0.829. The summed E-state index contributed by atoms with van der Waals surface area (Å²) in [6.07, 6.45) is 2.55. The first kappa shape index (κ1) is 13.6. The molecule has 2 heteroatoms. The third kappa shape index (κ3) is 3.33. The fraction of sp³-hybridized carbons (Fsp3) is 0.625. The van der Waals surface area contributed by atoms with E-state index >= 15 is 0 Å². The zero-order chi connectivity index (χ0) is 13.0. The summed E-state index contributed by atoms with van der Waals surface area (Å²) in [4.78, 5) is 2.63. The van der Waals surface area contributed by atoms with Gasteiger partial charge in [0, 0.05) is 31.7 Å². The second kappa shape index (κ2) is 6.35. The highest BCUT2D eigenvalue weighted by molar-refractivity contribution is 5.30. The fourth-order valence-corrected chi connectivity index (χ4v) is 2.74. The molecular formula is C16H26N2.